The van der Waals surface area contributed by atoms with E-state index in [9.17, 15) is 0 Å². The minimum absolute atomic E-state index is 0.862. The van der Waals surface area contributed by atoms with Crippen molar-refractivity contribution in [1.29, 1.82) is 0 Å². The molecule has 0 amide bonds. The average Bonchev–Trinajstić information content (AvgIpc) is 2.21. The van der Waals surface area contributed by atoms with Crippen LogP contribution in [0.5, 0.6) is 0 Å². The number of ether oxygens (including phenoxy) is 1. The van der Waals surface area contributed by atoms with Crippen LogP contribution in [0.25, 0.3) is 0 Å². The number of hydrogen-bond acceptors (Lipinski definition) is 4. The van der Waals surface area contributed by atoms with Gasteiger partial charge in [-0.05, 0) is 6.08 Å². The number of morpholine rings is 1. The molecule has 0 atom stereocenters. The molecule has 0 unspecified atom stereocenters. The van der Waals surface area contributed by atoms with Crippen LogP contribution in [0.4, 0.5) is 0 Å². The zero-order valence-electron chi connectivity index (χ0n) is 7.72. The first-order valence-corrected chi connectivity index (χ1v) is 4.67. The lowest BCUT2D eigenvalue weighted by Crippen LogP contribution is -2.43. The van der Waals surface area contributed by atoms with Gasteiger partial charge < -0.3 is 9.64 Å². The van der Waals surface area contributed by atoms with Crippen molar-refractivity contribution in [2.75, 3.05) is 39.5 Å². The Labute approximate surface area is 78.5 Å². The van der Waals surface area contributed by atoms with Crippen molar-refractivity contribution in [2.24, 2.45) is 4.99 Å². The Bertz CT molecular complexity index is 209. The summed E-state index contributed by atoms with van der Waals surface area (Å²) in [5, 5.41) is 0. The van der Waals surface area contributed by atoms with Gasteiger partial charge in [0.2, 0.25) is 0 Å². The minimum atomic E-state index is 0.862. The number of aliphatic imine (C=N–C) groups is 1. The maximum absolute atomic E-state index is 5.28. The second-order valence-corrected chi connectivity index (χ2v) is 3.29. The van der Waals surface area contributed by atoms with Crippen LogP contribution in [0.3, 0.4) is 0 Å². The van der Waals surface area contributed by atoms with Gasteiger partial charge in [0, 0.05) is 25.8 Å². The molecule has 0 bridgehead atoms. The first kappa shape index (κ1) is 8.72. The Balaban J connectivity index is 1.76. The highest BCUT2D eigenvalue weighted by molar-refractivity contribution is 5.57. The van der Waals surface area contributed by atoms with Crippen LogP contribution in [0.15, 0.2) is 17.3 Å². The number of rotatable bonds is 2. The van der Waals surface area contributed by atoms with Crippen LogP contribution in [0.2, 0.25) is 0 Å². The Morgan fingerprint density at radius 1 is 1.31 bits per heavy atom. The molecule has 2 rings (SSSR count). The Morgan fingerprint density at radius 3 is 2.85 bits per heavy atom. The molecule has 0 N–H and O–H groups in total. The van der Waals surface area contributed by atoms with Crippen molar-refractivity contribution in [1.82, 2.24) is 9.80 Å². The third kappa shape index (κ3) is 2.54. The van der Waals surface area contributed by atoms with Crippen LogP contribution in [0, 0.1) is 0 Å². The summed E-state index contributed by atoms with van der Waals surface area (Å²) in [4.78, 5) is 8.67. The predicted molar refractivity (Wildman–Crippen MR) is 51.6 cm³/mol. The fourth-order valence-corrected chi connectivity index (χ4v) is 1.52. The second kappa shape index (κ2) is 4.39. The topological polar surface area (TPSA) is 28.1 Å². The van der Waals surface area contributed by atoms with Gasteiger partial charge in [-0.1, -0.05) is 0 Å². The molecule has 72 valence electrons. The second-order valence-electron chi connectivity index (χ2n) is 3.29. The van der Waals surface area contributed by atoms with Crippen LogP contribution in [0.1, 0.15) is 0 Å². The van der Waals surface area contributed by atoms with Crippen molar-refractivity contribution in [3.05, 3.63) is 12.3 Å². The standard InChI is InChI=1S/C9H15N3O/c1-2-10-8-12(3-1)9-11-4-6-13-7-5-11/h1-2,8H,3-7,9H2. The van der Waals surface area contributed by atoms with Crippen LogP contribution in [-0.2, 0) is 4.74 Å². The van der Waals surface area contributed by atoms with Gasteiger partial charge in [-0.2, -0.15) is 0 Å². The molecule has 0 spiro atoms. The highest BCUT2D eigenvalue weighted by atomic mass is 16.5. The van der Waals surface area contributed by atoms with E-state index >= 15 is 0 Å². The Hall–Kier alpha value is -0.870. The van der Waals surface area contributed by atoms with Gasteiger partial charge in [-0.25, -0.2) is 4.99 Å². The zero-order chi connectivity index (χ0) is 8.93. The summed E-state index contributed by atoms with van der Waals surface area (Å²) in [6.07, 6.45) is 5.81. The molecule has 2 aliphatic rings. The smallest absolute Gasteiger partial charge is 0.0918 e. The van der Waals surface area contributed by atoms with Gasteiger partial charge in [0.1, 0.15) is 0 Å². The molecular weight excluding hydrogens is 166 g/mol. The first-order valence-electron chi connectivity index (χ1n) is 4.67. The largest absolute Gasteiger partial charge is 0.379 e. The van der Waals surface area contributed by atoms with Gasteiger partial charge >= 0.3 is 0 Å². The van der Waals surface area contributed by atoms with Gasteiger partial charge in [-0.15, -0.1) is 0 Å². The van der Waals surface area contributed by atoms with E-state index in [2.05, 4.69) is 20.9 Å². The van der Waals surface area contributed by atoms with Gasteiger partial charge in [0.05, 0.1) is 26.2 Å². The summed E-state index contributed by atoms with van der Waals surface area (Å²) in [6, 6.07) is 0. The van der Waals surface area contributed by atoms with Crippen molar-refractivity contribution in [3.8, 4) is 0 Å². The normalized spacial score (nSPS) is 23.8. The van der Waals surface area contributed by atoms with Crippen molar-refractivity contribution < 1.29 is 4.74 Å². The summed E-state index contributed by atoms with van der Waals surface area (Å²) < 4.78 is 5.28. The highest BCUT2D eigenvalue weighted by Gasteiger charge is 2.12. The lowest BCUT2D eigenvalue weighted by molar-refractivity contribution is 0.0232. The third-order valence-corrected chi connectivity index (χ3v) is 2.25. The maximum Gasteiger partial charge on any atom is 0.0918 e. The fourth-order valence-electron chi connectivity index (χ4n) is 1.52. The molecule has 0 radical (unpaired) electrons. The SMILES string of the molecule is C1=CN=CN(CN2CCOCC2)C1. The molecule has 4 nitrogen and oxygen atoms in total. The molecule has 0 aromatic heterocycles. The van der Waals surface area contributed by atoms with Crippen molar-refractivity contribution in [2.45, 2.75) is 0 Å². The van der Waals surface area contributed by atoms with E-state index in [4.69, 9.17) is 4.74 Å². The fraction of sp³-hybridized carbons (Fsp3) is 0.667. The van der Waals surface area contributed by atoms with Crippen LogP contribution >= 0.6 is 0 Å². The van der Waals surface area contributed by atoms with Gasteiger partial charge in [0.25, 0.3) is 0 Å². The van der Waals surface area contributed by atoms with E-state index in [1.807, 2.05) is 12.5 Å². The van der Waals surface area contributed by atoms with E-state index in [0.29, 0.717) is 0 Å². The molecule has 4 heteroatoms. The summed E-state index contributed by atoms with van der Waals surface area (Å²) >= 11 is 0. The molecule has 13 heavy (non-hydrogen) atoms. The van der Waals surface area contributed by atoms with Gasteiger partial charge in [0.15, 0.2) is 0 Å². The molecule has 1 saturated heterocycles. The molecule has 0 saturated carbocycles. The minimum Gasteiger partial charge on any atom is -0.379 e. The van der Waals surface area contributed by atoms with E-state index in [1.165, 1.54) is 0 Å². The van der Waals surface area contributed by atoms with E-state index in [-0.39, 0.29) is 0 Å². The van der Waals surface area contributed by atoms with Crippen molar-refractivity contribution >= 4 is 6.34 Å². The Morgan fingerprint density at radius 2 is 2.15 bits per heavy atom. The quantitative estimate of drug-likeness (QED) is 0.606. The molecule has 2 heterocycles. The number of nitrogens with zero attached hydrogens (tertiary/aromatic N) is 3. The van der Waals surface area contributed by atoms with Crippen molar-refractivity contribution in [3.63, 3.8) is 0 Å². The summed E-state index contributed by atoms with van der Waals surface area (Å²) in [5.74, 6) is 0. The van der Waals surface area contributed by atoms with E-state index in [0.717, 1.165) is 39.5 Å². The number of hydrogen-bond donors (Lipinski definition) is 0. The summed E-state index contributed by atoms with van der Waals surface area (Å²) in [6.45, 7) is 5.74. The molecular formula is C9H15N3O. The van der Waals surface area contributed by atoms with E-state index < -0.39 is 0 Å². The summed E-state index contributed by atoms with van der Waals surface area (Å²) in [7, 11) is 0. The molecule has 0 aromatic carbocycles. The zero-order valence-corrected chi connectivity index (χ0v) is 7.72. The monoisotopic (exact) mass is 181 g/mol. The lowest BCUT2D eigenvalue weighted by Gasteiger charge is -2.31. The lowest BCUT2D eigenvalue weighted by atomic mass is 10.4. The van der Waals surface area contributed by atoms with E-state index in [1.54, 1.807) is 0 Å². The highest BCUT2D eigenvalue weighted by Crippen LogP contribution is 2.00. The van der Waals surface area contributed by atoms with Gasteiger partial charge in [-0.3, -0.25) is 4.90 Å². The van der Waals surface area contributed by atoms with Crippen LogP contribution < -0.4 is 0 Å². The third-order valence-electron chi connectivity index (χ3n) is 2.25. The van der Waals surface area contributed by atoms with Crippen LogP contribution in [-0.4, -0.2) is 55.7 Å². The molecule has 0 aliphatic carbocycles. The summed E-state index contributed by atoms with van der Waals surface area (Å²) in [5.41, 5.74) is 0. The molecule has 2 aliphatic heterocycles. The first-order chi connectivity index (χ1) is 6.45. The molecule has 1 fully saturated rings. The predicted octanol–water partition coefficient (Wildman–Crippen LogP) is 0.134. The average molecular weight is 181 g/mol. The maximum atomic E-state index is 5.28. The Kier molecular flexibility index (Phi) is 2.94. The molecule has 0 aromatic rings.